The smallest absolute Gasteiger partial charge is 0.317 e. The fourth-order valence-electron chi connectivity index (χ4n) is 3.05. The number of rotatable bonds is 2. The van der Waals surface area contributed by atoms with Crippen LogP contribution in [0.15, 0.2) is 24.3 Å². The number of carbonyl (C=O) groups excluding carboxylic acids is 1. The molecule has 3 rings (SSSR count). The van der Waals surface area contributed by atoms with Crippen LogP contribution in [-0.2, 0) is 22.8 Å². The van der Waals surface area contributed by atoms with Crippen molar-refractivity contribution < 1.29 is 13.2 Å². The van der Waals surface area contributed by atoms with E-state index in [0.29, 0.717) is 26.1 Å². The van der Waals surface area contributed by atoms with E-state index in [9.17, 15) is 13.2 Å². The average Bonchev–Trinajstić information content (AvgIpc) is 2.83. The van der Waals surface area contributed by atoms with Gasteiger partial charge in [-0.2, -0.15) is 0 Å². The Morgan fingerprint density at radius 1 is 1.29 bits per heavy atom. The summed E-state index contributed by atoms with van der Waals surface area (Å²) < 4.78 is 22.8. The molecule has 1 aromatic carbocycles. The molecule has 5 nitrogen and oxygen atoms in total. The third-order valence-electron chi connectivity index (χ3n) is 4.29. The molecular weight excluding hydrogens is 288 g/mol. The first-order valence-corrected chi connectivity index (χ1v) is 9.15. The van der Waals surface area contributed by atoms with Gasteiger partial charge in [0.1, 0.15) is 0 Å². The topological polar surface area (TPSA) is 66.5 Å². The van der Waals surface area contributed by atoms with E-state index in [4.69, 9.17) is 0 Å². The van der Waals surface area contributed by atoms with E-state index in [1.165, 1.54) is 11.1 Å². The molecule has 0 spiro atoms. The van der Waals surface area contributed by atoms with Crippen LogP contribution < -0.4 is 5.32 Å². The number of nitrogens with one attached hydrogen (secondary N) is 1. The molecule has 2 heterocycles. The van der Waals surface area contributed by atoms with E-state index < -0.39 is 9.84 Å². The number of urea groups is 1. The third-order valence-corrected chi connectivity index (χ3v) is 6.12. The number of benzene rings is 1. The summed E-state index contributed by atoms with van der Waals surface area (Å²) in [6, 6.07) is 8.08. The minimum atomic E-state index is -2.87. The number of fused-ring (bicyclic) bond motifs is 1. The van der Waals surface area contributed by atoms with Crippen LogP contribution >= 0.6 is 0 Å². The highest BCUT2D eigenvalue weighted by Crippen LogP contribution is 2.19. The third kappa shape index (κ3) is 3.37. The molecule has 0 radical (unpaired) electrons. The van der Waals surface area contributed by atoms with E-state index >= 15 is 0 Å². The second kappa shape index (κ2) is 5.67. The molecular formula is C15H20N2O3S. The number of hydrogen-bond donors (Lipinski definition) is 1. The van der Waals surface area contributed by atoms with Crippen molar-refractivity contribution in [3.8, 4) is 0 Å². The van der Waals surface area contributed by atoms with Gasteiger partial charge in [-0.15, -0.1) is 0 Å². The Labute approximate surface area is 125 Å². The molecule has 21 heavy (non-hydrogen) atoms. The maximum Gasteiger partial charge on any atom is 0.317 e. The lowest BCUT2D eigenvalue weighted by Crippen LogP contribution is -2.44. The van der Waals surface area contributed by atoms with Gasteiger partial charge in [0.15, 0.2) is 9.84 Å². The van der Waals surface area contributed by atoms with Crippen molar-refractivity contribution in [2.24, 2.45) is 5.92 Å². The van der Waals surface area contributed by atoms with Gasteiger partial charge in [0, 0.05) is 19.6 Å². The number of amides is 2. The van der Waals surface area contributed by atoms with Crippen molar-refractivity contribution in [3.05, 3.63) is 35.4 Å². The van der Waals surface area contributed by atoms with Crippen molar-refractivity contribution in [1.29, 1.82) is 0 Å². The zero-order valence-electron chi connectivity index (χ0n) is 11.9. The zero-order valence-corrected chi connectivity index (χ0v) is 12.7. The molecule has 2 amide bonds. The Morgan fingerprint density at radius 3 is 2.76 bits per heavy atom. The number of nitrogens with zero attached hydrogens (tertiary/aromatic N) is 1. The second-order valence-corrected chi connectivity index (χ2v) is 8.12. The molecule has 114 valence electrons. The van der Waals surface area contributed by atoms with Gasteiger partial charge in [-0.1, -0.05) is 24.3 Å². The highest BCUT2D eigenvalue weighted by molar-refractivity contribution is 7.91. The van der Waals surface area contributed by atoms with Gasteiger partial charge in [0.25, 0.3) is 0 Å². The highest BCUT2D eigenvalue weighted by atomic mass is 32.2. The predicted octanol–water partition coefficient (Wildman–Crippen LogP) is 1.19. The maximum atomic E-state index is 12.2. The lowest BCUT2D eigenvalue weighted by atomic mass is 10.0. The summed E-state index contributed by atoms with van der Waals surface area (Å²) in [5, 5.41) is 2.89. The van der Waals surface area contributed by atoms with Gasteiger partial charge in [-0.3, -0.25) is 0 Å². The van der Waals surface area contributed by atoms with E-state index in [1.807, 2.05) is 12.1 Å². The summed E-state index contributed by atoms with van der Waals surface area (Å²) in [4.78, 5) is 14.0. The van der Waals surface area contributed by atoms with Crippen molar-refractivity contribution in [1.82, 2.24) is 10.2 Å². The fourth-order valence-corrected chi connectivity index (χ4v) is 4.91. The van der Waals surface area contributed by atoms with Crippen LogP contribution in [0.2, 0.25) is 0 Å². The van der Waals surface area contributed by atoms with Crippen LogP contribution in [0.1, 0.15) is 17.5 Å². The van der Waals surface area contributed by atoms with Gasteiger partial charge in [0.2, 0.25) is 0 Å². The Balaban J connectivity index is 1.53. The maximum absolute atomic E-state index is 12.2. The standard InChI is InChI=1S/C15H20N2O3S/c18-15(16-9-12-6-8-21(19,20)11-12)17-7-5-13-3-1-2-4-14(13)10-17/h1-4,12H,5-11H2,(H,16,18)/t12-/m0/s1. The van der Waals surface area contributed by atoms with Crippen LogP contribution in [0.5, 0.6) is 0 Å². The van der Waals surface area contributed by atoms with E-state index in [1.54, 1.807) is 4.90 Å². The summed E-state index contributed by atoms with van der Waals surface area (Å²) in [7, 11) is -2.87. The minimum Gasteiger partial charge on any atom is -0.338 e. The largest absolute Gasteiger partial charge is 0.338 e. The molecule has 1 atom stereocenters. The summed E-state index contributed by atoms with van der Waals surface area (Å²) in [6.07, 6.45) is 1.53. The Kier molecular flexibility index (Phi) is 3.89. The van der Waals surface area contributed by atoms with E-state index in [0.717, 1.165) is 6.42 Å². The van der Waals surface area contributed by atoms with Crippen molar-refractivity contribution in [3.63, 3.8) is 0 Å². The summed E-state index contributed by atoms with van der Waals surface area (Å²) in [5.74, 6) is 0.525. The quantitative estimate of drug-likeness (QED) is 0.892. The van der Waals surface area contributed by atoms with Crippen LogP contribution in [0.25, 0.3) is 0 Å². The predicted molar refractivity (Wildman–Crippen MR) is 80.7 cm³/mol. The molecule has 1 saturated heterocycles. The normalized spacial score (nSPS) is 23.6. The van der Waals surface area contributed by atoms with Crippen LogP contribution in [0.4, 0.5) is 4.79 Å². The monoisotopic (exact) mass is 308 g/mol. The van der Waals surface area contributed by atoms with E-state index in [2.05, 4.69) is 17.4 Å². The van der Waals surface area contributed by atoms with Crippen molar-refractivity contribution >= 4 is 15.9 Å². The molecule has 1 aromatic rings. The molecule has 0 aromatic heterocycles. The molecule has 6 heteroatoms. The molecule has 0 bridgehead atoms. The first-order chi connectivity index (χ1) is 10.0. The van der Waals surface area contributed by atoms with Crippen molar-refractivity contribution in [2.45, 2.75) is 19.4 Å². The number of sulfone groups is 1. The molecule has 1 fully saturated rings. The summed E-state index contributed by atoms with van der Waals surface area (Å²) >= 11 is 0. The molecule has 0 unspecified atom stereocenters. The average molecular weight is 308 g/mol. The zero-order chi connectivity index (χ0) is 14.9. The Bertz CT molecular complexity index is 642. The van der Waals surface area contributed by atoms with Gasteiger partial charge < -0.3 is 10.2 Å². The van der Waals surface area contributed by atoms with Gasteiger partial charge in [-0.25, -0.2) is 13.2 Å². The Morgan fingerprint density at radius 2 is 2.05 bits per heavy atom. The first-order valence-electron chi connectivity index (χ1n) is 7.33. The second-order valence-electron chi connectivity index (χ2n) is 5.90. The molecule has 0 saturated carbocycles. The molecule has 1 N–H and O–H groups in total. The SMILES string of the molecule is O=C(NC[C@@H]1CCS(=O)(=O)C1)N1CCc2ccccc2C1. The number of carbonyl (C=O) groups is 1. The van der Waals surface area contributed by atoms with Crippen LogP contribution in [0.3, 0.4) is 0 Å². The summed E-state index contributed by atoms with van der Waals surface area (Å²) in [6.45, 7) is 1.80. The lowest BCUT2D eigenvalue weighted by Gasteiger charge is -2.29. The minimum absolute atomic E-state index is 0.0658. The molecule has 2 aliphatic rings. The van der Waals surface area contributed by atoms with E-state index in [-0.39, 0.29) is 23.5 Å². The molecule has 2 aliphatic heterocycles. The van der Waals surface area contributed by atoms with Crippen LogP contribution in [0, 0.1) is 5.92 Å². The van der Waals surface area contributed by atoms with Gasteiger partial charge >= 0.3 is 6.03 Å². The van der Waals surface area contributed by atoms with Crippen LogP contribution in [-0.4, -0.2) is 43.9 Å². The highest BCUT2D eigenvalue weighted by Gasteiger charge is 2.28. The number of hydrogen-bond acceptors (Lipinski definition) is 3. The van der Waals surface area contributed by atoms with Crippen molar-refractivity contribution in [2.75, 3.05) is 24.6 Å². The van der Waals surface area contributed by atoms with Gasteiger partial charge in [0.05, 0.1) is 11.5 Å². The summed E-state index contributed by atoms with van der Waals surface area (Å²) in [5.41, 5.74) is 2.51. The lowest BCUT2D eigenvalue weighted by molar-refractivity contribution is 0.191. The molecule has 0 aliphatic carbocycles. The fraction of sp³-hybridized carbons (Fsp3) is 0.533. The van der Waals surface area contributed by atoms with Gasteiger partial charge in [-0.05, 0) is 29.9 Å². The first kappa shape index (κ1) is 14.4. The Hall–Kier alpha value is -1.56.